The summed E-state index contributed by atoms with van der Waals surface area (Å²) in [7, 11) is 3.42. The summed E-state index contributed by atoms with van der Waals surface area (Å²) in [5, 5.41) is 7.66. The van der Waals surface area contributed by atoms with Crippen molar-refractivity contribution >= 4 is 28.3 Å². The second-order valence-corrected chi connectivity index (χ2v) is 6.94. The van der Waals surface area contributed by atoms with Crippen LogP contribution >= 0.6 is 0 Å². The summed E-state index contributed by atoms with van der Waals surface area (Å²) in [5.74, 6) is 8.32. The maximum Gasteiger partial charge on any atom is 0.228 e. The van der Waals surface area contributed by atoms with E-state index in [0.717, 1.165) is 40.5 Å². The molecule has 1 aliphatic carbocycles. The summed E-state index contributed by atoms with van der Waals surface area (Å²) in [6, 6.07) is 3.72. The number of ether oxygens (including phenoxy) is 1. The van der Waals surface area contributed by atoms with E-state index < -0.39 is 0 Å². The van der Waals surface area contributed by atoms with Gasteiger partial charge in [-0.3, -0.25) is 4.79 Å². The molecule has 1 fully saturated rings. The molecule has 0 aromatic carbocycles. The van der Waals surface area contributed by atoms with Gasteiger partial charge in [-0.15, -0.1) is 0 Å². The average molecular weight is 387 g/mol. The van der Waals surface area contributed by atoms with Crippen molar-refractivity contribution in [3.8, 4) is 17.6 Å². The summed E-state index contributed by atoms with van der Waals surface area (Å²) in [5.41, 5.74) is 2.35. The Kier molecular flexibility index (Phi) is 5.00. The van der Waals surface area contributed by atoms with Gasteiger partial charge in [0, 0.05) is 36.1 Å². The number of anilines is 2. The Bertz CT molecular complexity index is 1160. The van der Waals surface area contributed by atoms with Crippen LogP contribution < -0.4 is 15.4 Å². The highest BCUT2D eigenvalue weighted by Crippen LogP contribution is 2.31. The number of carbonyl (C=O) groups is 1. The number of amides is 1. The summed E-state index contributed by atoms with van der Waals surface area (Å²) in [6.45, 7) is 1.95. The van der Waals surface area contributed by atoms with Gasteiger partial charge in [-0.25, -0.2) is 15.0 Å². The Morgan fingerprint density at radius 3 is 2.62 bits per heavy atom. The minimum atomic E-state index is 0.0188. The Morgan fingerprint density at radius 2 is 1.93 bits per heavy atom. The van der Waals surface area contributed by atoms with Crippen LogP contribution in [-0.4, -0.2) is 35.0 Å². The first-order valence-electron chi connectivity index (χ1n) is 9.39. The van der Waals surface area contributed by atoms with Crippen molar-refractivity contribution < 1.29 is 9.53 Å². The lowest BCUT2D eigenvalue weighted by Gasteiger charge is -2.09. The van der Waals surface area contributed by atoms with Gasteiger partial charge in [0.25, 0.3) is 0 Å². The molecule has 3 aromatic rings. The van der Waals surface area contributed by atoms with E-state index in [-0.39, 0.29) is 11.8 Å². The molecule has 0 atom stereocenters. The summed E-state index contributed by atoms with van der Waals surface area (Å²) < 4.78 is 5.24. The van der Waals surface area contributed by atoms with E-state index in [1.807, 2.05) is 19.1 Å². The highest BCUT2D eigenvalue weighted by molar-refractivity contribution is 5.99. The van der Waals surface area contributed by atoms with Crippen LogP contribution in [0.15, 0.2) is 30.7 Å². The molecule has 0 radical (unpaired) electrons. The normalized spacial score (nSPS) is 12.8. The number of nitrogens with one attached hydrogen (secondary N) is 2. The fourth-order valence-corrected chi connectivity index (χ4v) is 3.03. The smallest absolute Gasteiger partial charge is 0.228 e. The fraction of sp³-hybridized carbons (Fsp3) is 0.273. The van der Waals surface area contributed by atoms with Crippen molar-refractivity contribution in [2.75, 3.05) is 24.8 Å². The molecule has 0 aliphatic heterocycles. The van der Waals surface area contributed by atoms with Crippen LogP contribution in [0.4, 0.5) is 11.6 Å². The van der Waals surface area contributed by atoms with E-state index in [0.29, 0.717) is 17.3 Å². The number of rotatable bonds is 4. The van der Waals surface area contributed by atoms with E-state index in [9.17, 15) is 4.79 Å². The molecule has 1 saturated carbocycles. The van der Waals surface area contributed by atoms with Gasteiger partial charge in [0.1, 0.15) is 23.1 Å². The van der Waals surface area contributed by atoms with Crippen LogP contribution in [-0.2, 0) is 4.79 Å². The third kappa shape index (κ3) is 3.97. The maximum atomic E-state index is 12.1. The van der Waals surface area contributed by atoms with Crippen LogP contribution in [0.2, 0.25) is 0 Å². The zero-order valence-corrected chi connectivity index (χ0v) is 16.5. The van der Waals surface area contributed by atoms with E-state index in [1.165, 1.54) is 0 Å². The predicted molar refractivity (Wildman–Crippen MR) is 112 cm³/mol. The molecule has 0 saturated heterocycles. The van der Waals surface area contributed by atoms with Gasteiger partial charge in [0.2, 0.25) is 5.91 Å². The minimum Gasteiger partial charge on any atom is -0.495 e. The first kappa shape index (κ1) is 18.7. The molecule has 0 spiro atoms. The number of hydrogen-bond donors (Lipinski definition) is 2. The molecular formula is C22H21N5O2. The molecule has 1 aliphatic rings. The van der Waals surface area contributed by atoms with Crippen LogP contribution in [0.1, 0.15) is 29.7 Å². The van der Waals surface area contributed by atoms with Crippen molar-refractivity contribution in [2.45, 2.75) is 19.8 Å². The number of nitrogens with zero attached hydrogens (tertiary/aromatic N) is 3. The molecule has 4 rings (SSSR count). The standard InChI is InChI=1S/C22H21N5O2/c1-13-8-16(24-12-19(13)29-3)7-6-15-10-26-21(23-2)18-11-25-20(9-17(15)18)27-22(28)14-4-5-14/h8-12,14H,4-5H2,1-3H3,(H,23,26)(H,25,27,28). The Balaban J connectivity index is 1.73. The Labute approximate surface area is 168 Å². The van der Waals surface area contributed by atoms with Crippen molar-refractivity contribution in [3.63, 3.8) is 0 Å². The third-order valence-corrected chi connectivity index (χ3v) is 4.82. The lowest BCUT2D eigenvalue weighted by Crippen LogP contribution is -2.14. The number of fused-ring (bicyclic) bond motifs is 1. The van der Waals surface area contributed by atoms with Gasteiger partial charge in [0.05, 0.1) is 18.9 Å². The second-order valence-electron chi connectivity index (χ2n) is 6.94. The van der Waals surface area contributed by atoms with E-state index in [4.69, 9.17) is 4.74 Å². The number of carbonyl (C=O) groups excluding carboxylic acids is 1. The number of aromatic nitrogens is 3. The average Bonchev–Trinajstić information content (AvgIpc) is 3.57. The van der Waals surface area contributed by atoms with Crippen molar-refractivity contribution in [1.29, 1.82) is 0 Å². The summed E-state index contributed by atoms with van der Waals surface area (Å²) >= 11 is 0. The fourth-order valence-electron chi connectivity index (χ4n) is 3.03. The number of aryl methyl sites for hydroxylation is 1. The molecule has 7 nitrogen and oxygen atoms in total. The molecule has 7 heteroatoms. The lowest BCUT2D eigenvalue weighted by atomic mass is 10.1. The molecular weight excluding hydrogens is 366 g/mol. The maximum absolute atomic E-state index is 12.1. The summed E-state index contributed by atoms with van der Waals surface area (Å²) in [4.78, 5) is 25.2. The molecule has 29 heavy (non-hydrogen) atoms. The highest BCUT2D eigenvalue weighted by atomic mass is 16.5. The minimum absolute atomic E-state index is 0.0188. The topological polar surface area (TPSA) is 89.0 Å². The van der Waals surface area contributed by atoms with Crippen LogP contribution in [0.5, 0.6) is 5.75 Å². The van der Waals surface area contributed by atoms with Crippen LogP contribution in [0.3, 0.4) is 0 Å². The summed E-state index contributed by atoms with van der Waals surface area (Å²) in [6.07, 6.45) is 6.97. The Hall–Kier alpha value is -3.66. The molecule has 146 valence electrons. The Morgan fingerprint density at radius 1 is 1.10 bits per heavy atom. The van der Waals surface area contributed by atoms with E-state index in [2.05, 4.69) is 37.4 Å². The molecule has 0 unspecified atom stereocenters. The van der Waals surface area contributed by atoms with Crippen LogP contribution in [0, 0.1) is 24.7 Å². The lowest BCUT2D eigenvalue weighted by molar-refractivity contribution is -0.117. The van der Waals surface area contributed by atoms with E-state index >= 15 is 0 Å². The zero-order chi connectivity index (χ0) is 20.4. The van der Waals surface area contributed by atoms with Gasteiger partial charge in [-0.1, -0.05) is 5.92 Å². The number of hydrogen-bond acceptors (Lipinski definition) is 6. The molecule has 0 bridgehead atoms. The van der Waals surface area contributed by atoms with Crippen molar-refractivity contribution in [1.82, 2.24) is 15.0 Å². The van der Waals surface area contributed by atoms with Gasteiger partial charge in [-0.05, 0) is 43.4 Å². The molecule has 1 amide bonds. The SMILES string of the molecule is CNc1ncc(C#Cc2cc(C)c(OC)cn2)c2cc(NC(=O)C3CC3)ncc12. The first-order valence-corrected chi connectivity index (χ1v) is 9.39. The van der Waals surface area contributed by atoms with Crippen molar-refractivity contribution in [2.24, 2.45) is 5.92 Å². The molecule has 3 heterocycles. The second kappa shape index (κ2) is 7.76. The largest absolute Gasteiger partial charge is 0.495 e. The number of pyridine rings is 3. The van der Waals surface area contributed by atoms with Gasteiger partial charge >= 0.3 is 0 Å². The van der Waals surface area contributed by atoms with Crippen LogP contribution in [0.25, 0.3) is 10.8 Å². The zero-order valence-electron chi connectivity index (χ0n) is 16.5. The van der Waals surface area contributed by atoms with E-state index in [1.54, 1.807) is 32.7 Å². The third-order valence-electron chi connectivity index (χ3n) is 4.82. The quantitative estimate of drug-likeness (QED) is 0.669. The molecule has 3 aromatic heterocycles. The van der Waals surface area contributed by atoms with Crippen molar-refractivity contribution in [3.05, 3.63) is 47.5 Å². The van der Waals surface area contributed by atoms with Gasteiger partial charge in [0.15, 0.2) is 0 Å². The highest BCUT2D eigenvalue weighted by Gasteiger charge is 2.29. The first-order chi connectivity index (χ1) is 14.1. The number of methoxy groups -OCH3 is 1. The van der Waals surface area contributed by atoms with Gasteiger partial charge < -0.3 is 15.4 Å². The predicted octanol–water partition coefficient (Wildman–Crippen LogP) is 3.13. The molecule has 2 N–H and O–H groups in total. The monoisotopic (exact) mass is 387 g/mol. The van der Waals surface area contributed by atoms with Gasteiger partial charge in [-0.2, -0.15) is 0 Å².